The second kappa shape index (κ2) is 5.32. The van der Waals surface area contributed by atoms with E-state index < -0.39 is 0 Å². The molecule has 2 nitrogen and oxygen atoms in total. The second-order valence-electron chi connectivity index (χ2n) is 4.30. The number of ether oxygens (including phenoxy) is 1. The van der Waals surface area contributed by atoms with E-state index in [2.05, 4.69) is 11.4 Å². The van der Waals surface area contributed by atoms with Crippen molar-refractivity contribution in [1.29, 1.82) is 0 Å². The number of hydrogen-bond donors (Lipinski definition) is 1. The van der Waals surface area contributed by atoms with Crippen molar-refractivity contribution in [2.45, 2.75) is 26.3 Å². The molecule has 0 bridgehead atoms. The summed E-state index contributed by atoms with van der Waals surface area (Å²) in [5.41, 5.74) is 1.86. The van der Waals surface area contributed by atoms with Crippen LogP contribution in [0.15, 0.2) is 30.0 Å². The highest BCUT2D eigenvalue weighted by Crippen LogP contribution is 2.27. The average Bonchev–Trinajstić information content (AvgIpc) is 2.77. The highest BCUT2D eigenvalue weighted by molar-refractivity contribution is 5.31. The van der Waals surface area contributed by atoms with Gasteiger partial charge in [0.2, 0.25) is 0 Å². The Balaban J connectivity index is 2.31. The van der Waals surface area contributed by atoms with Gasteiger partial charge < -0.3 is 10.1 Å². The Morgan fingerprint density at radius 1 is 1.41 bits per heavy atom. The Kier molecular flexibility index (Phi) is 3.79. The number of halogens is 1. The van der Waals surface area contributed by atoms with Crippen LogP contribution in [0.4, 0.5) is 4.39 Å². The third kappa shape index (κ3) is 2.86. The molecule has 0 radical (unpaired) electrons. The normalized spacial score (nSPS) is 16.5. The van der Waals surface area contributed by atoms with Crippen LogP contribution in [0.2, 0.25) is 0 Å². The zero-order valence-corrected chi connectivity index (χ0v) is 10.3. The molecule has 17 heavy (non-hydrogen) atoms. The number of likely N-dealkylation sites (N-methyl/N-ethyl adjacent to an activating group) is 1. The molecule has 0 spiro atoms. The van der Waals surface area contributed by atoms with Crippen LogP contribution in [0.1, 0.15) is 30.5 Å². The topological polar surface area (TPSA) is 21.3 Å². The van der Waals surface area contributed by atoms with Crippen LogP contribution in [-0.2, 0) is 4.74 Å². The summed E-state index contributed by atoms with van der Waals surface area (Å²) in [7, 11) is 0. The van der Waals surface area contributed by atoms with Crippen molar-refractivity contribution in [2.75, 3.05) is 13.2 Å². The van der Waals surface area contributed by atoms with Gasteiger partial charge in [0.25, 0.3) is 0 Å². The third-order valence-electron chi connectivity index (χ3n) is 2.82. The quantitative estimate of drug-likeness (QED) is 0.866. The summed E-state index contributed by atoms with van der Waals surface area (Å²) in [6, 6.07) is 5.08. The van der Waals surface area contributed by atoms with Crippen molar-refractivity contribution in [3.05, 3.63) is 47.0 Å². The standard InChI is InChI=1S/C14H18FNO/c1-3-16-14(13-5-4-6-17-13)11-7-10(2)8-12(15)9-11/h5,7-9,14,16H,3-4,6H2,1-2H3. The second-order valence-corrected chi connectivity index (χ2v) is 4.30. The van der Waals surface area contributed by atoms with Crippen molar-refractivity contribution < 1.29 is 9.13 Å². The van der Waals surface area contributed by atoms with Crippen molar-refractivity contribution in [1.82, 2.24) is 5.32 Å². The van der Waals surface area contributed by atoms with Gasteiger partial charge in [0.15, 0.2) is 0 Å². The molecule has 0 aliphatic carbocycles. The van der Waals surface area contributed by atoms with E-state index in [0.29, 0.717) is 0 Å². The predicted octanol–water partition coefficient (Wildman–Crippen LogP) is 3.09. The molecule has 3 heteroatoms. The fourth-order valence-electron chi connectivity index (χ4n) is 2.16. The number of benzene rings is 1. The molecule has 1 heterocycles. The Bertz CT molecular complexity index is 408. The molecule has 1 aliphatic heterocycles. The molecule has 1 aromatic carbocycles. The molecular weight excluding hydrogens is 217 g/mol. The smallest absolute Gasteiger partial charge is 0.123 e. The number of nitrogens with one attached hydrogen (secondary N) is 1. The Labute approximate surface area is 101 Å². The molecule has 1 N–H and O–H groups in total. The van der Waals surface area contributed by atoms with E-state index in [4.69, 9.17) is 4.74 Å². The first-order valence-corrected chi connectivity index (χ1v) is 6.04. The monoisotopic (exact) mass is 235 g/mol. The molecule has 1 unspecified atom stereocenters. The van der Waals surface area contributed by atoms with Gasteiger partial charge in [-0.25, -0.2) is 4.39 Å². The van der Waals surface area contributed by atoms with Crippen molar-refractivity contribution in [3.8, 4) is 0 Å². The molecule has 0 aromatic heterocycles. The maximum atomic E-state index is 13.4. The SMILES string of the molecule is CCNC(C1=CCCO1)c1cc(C)cc(F)c1. The van der Waals surface area contributed by atoms with Crippen LogP contribution in [-0.4, -0.2) is 13.2 Å². The first-order valence-electron chi connectivity index (χ1n) is 6.04. The number of rotatable bonds is 4. The van der Waals surface area contributed by atoms with E-state index in [1.807, 2.05) is 19.9 Å². The van der Waals surface area contributed by atoms with Crippen LogP contribution < -0.4 is 5.32 Å². The maximum absolute atomic E-state index is 13.4. The third-order valence-corrected chi connectivity index (χ3v) is 2.82. The van der Waals surface area contributed by atoms with E-state index in [-0.39, 0.29) is 11.9 Å². The molecule has 2 rings (SSSR count). The maximum Gasteiger partial charge on any atom is 0.123 e. The minimum Gasteiger partial charge on any atom is -0.496 e. The van der Waals surface area contributed by atoms with Gasteiger partial charge in [0, 0.05) is 6.42 Å². The lowest BCUT2D eigenvalue weighted by Gasteiger charge is -2.20. The van der Waals surface area contributed by atoms with Gasteiger partial charge in [-0.05, 0) is 42.8 Å². The van der Waals surface area contributed by atoms with Gasteiger partial charge in [0.1, 0.15) is 11.6 Å². The lowest BCUT2D eigenvalue weighted by atomic mass is 10.0. The van der Waals surface area contributed by atoms with E-state index in [1.54, 1.807) is 6.07 Å². The van der Waals surface area contributed by atoms with Gasteiger partial charge in [-0.15, -0.1) is 0 Å². The zero-order chi connectivity index (χ0) is 12.3. The number of aryl methyl sites for hydroxylation is 1. The fraction of sp³-hybridized carbons (Fsp3) is 0.429. The summed E-state index contributed by atoms with van der Waals surface area (Å²) >= 11 is 0. The Hall–Kier alpha value is -1.35. The Morgan fingerprint density at radius 2 is 2.24 bits per heavy atom. The van der Waals surface area contributed by atoms with Gasteiger partial charge in [-0.1, -0.05) is 13.0 Å². The lowest BCUT2D eigenvalue weighted by Crippen LogP contribution is -2.23. The predicted molar refractivity (Wildman–Crippen MR) is 66.2 cm³/mol. The van der Waals surface area contributed by atoms with Crippen LogP contribution in [0.5, 0.6) is 0 Å². The van der Waals surface area contributed by atoms with Gasteiger partial charge >= 0.3 is 0 Å². The van der Waals surface area contributed by atoms with Crippen molar-refractivity contribution >= 4 is 0 Å². The summed E-state index contributed by atoms with van der Waals surface area (Å²) in [4.78, 5) is 0. The lowest BCUT2D eigenvalue weighted by molar-refractivity contribution is 0.216. The van der Waals surface area contributed by atoms with Crippen LogP contribution in [0, 0.1) is 12.7 Å². The van der Waals surface area contributed by atoms with Crippen LogP contribution in [0.25, 0.3) is 0 Å². The molecule has 0 fully saturated rings. The summed E-state index contributed by atoms with van der Waals surface area (Å²) in [5, 5.41) is 3.34. The Morgan fingerprint density at radius 3 is 2.82 bits per heavy atom. The minimum atomic E-state index is -0.193. The van der Waals surface area contributed by atoms with Gasteiger partial charge in [-0.3, -0.25) is 0 Å². The zero-order valence-electron chi connectivity index (χ0n) is 10.3. The number of hydrogen-bond acceptors (Lipinski definition) is 2. The summed E-state index contributed by atoms with van der Waals surface area (Å²) in [6.45, 7) is 5.49. The molecule has 0 saturated carbocycles. The summed E-state index contributed by atoms with van der Waals surface area (Å²) in [5.74, 6) is 0.721. The molecule has 1 aliphatic rings. The van der Waals surface area contributed by atoms with E-state index in [9.17, 15) is 4.39 Å². The summed E-state index contributed by atoms with van der Waals surface area (Å²) in [6.07, 6.45) is 3.01. The van der Waals surface area contributed by atoms with Crippen molar-refractivity contribution in [2.24, 2.45) is 0 Å². The van der Waals surface area contributed by atoms with E-state index in [0.717, 1.165) is 36.5 Å². The van der Waals surface area contributed by atoms with Crippen LogP contribution in [0.3, 0.4) is 0 Å². The first-order chi connectivity index (χ1) is 8.20. The first kappa shape index (κ1) is 12.1. The van der Waals surface area contributed by atoms with Gasteiger partial charge in [-0.2, -0.15) is 0 Å². The largest absolute Gasteiger partial charge is 0.496 e. The molecule has 0 amide bonds. The van der Waals surface area contributed by atoms with E-state index >= 15 is 0 Å². The average molecular weight is 235 g/mol. The highest BCUT2D eigenvalue weighted by Gasteiger charge is 2.20. The van der Waals surface area contributed by atoms with Gasteiger partial charge in [0.05, 0.1) is 12.6 Å². The molecule has 0 saturated heterocycles. The fourth-order valence-corrected chi connectivity index (χ4v) is 2.16. The molecule has 92 valence electrons. The van der Waals surface area contributed by atoms with E-state index in [1.165, 1.54) is 6.07 Å². The highest BCUT2D eigenvalue weighted by atomic mass is 19.1. The molecular formula is C14H18FNO. The molecule has 1 aromatic rings. The van der Waals surface area contributed by atoms with Crippen molar-refractivity contribution in [3.63, 3.8) is 0 Å². The molecule has 1 atom stereocenters. The van der Waals surface area contributed by atoms with Crippen LogP contribution >= 0.6 is 0 Å². The minimum absolute atomic E-state index is 0.0306. The summed E-state index contributed by atoms with van der Waals surface area (Å²) < 4.78 is 19.0.